The third kappa shape index (κ3) is 6.31. The number of nitrogens with one attached hydrogen (secondary N) is 1. The molecule has 162 valence electrons. The van der Waals surface area contributed by atoms with Crippen molar-refractivity contribution in [1.29, 1.82) is 0 Å². The Bertz CT molecular complexity index is 1130. The molecule has 0 fully saturated rings. The normalized spacial score (nSPS) is 11.1. The van der Waals surface area contributed by atoms with Crippen molar-refractivity contribution in [3.05, 3.63) is 89.5 Å². The molecule has 3 N–H and O–H groups in total. The molecule has 0 atom stereocenters. The fraction of sp³-hybridized carbons (Fsp3) is 0.174. The highest BCUT2D eigenvalue weighted by molar-refractivity contribution is 7.89. The molecule has 3 aromatic carbocycles. The number of nitrogens with two attached hydrogens (primary N) is 1. The maximum atomic E-state index is 13.0. The van der Waals surface area contributed by atoms with E-state index in [1.807, 2.05) is 31.2 Å². The zero-order valence-corrected chi connectivity index (χ0v) is 18.2. The number of ether oxygens (including phenoxy) is 1. The van der Waals surface area contributed by atoms with Crippen molar-refractivity contribution in [1.82, 2.24) is 4.90 Å². The molecule has 0 heterocycles. The topological polar surface area (TPSA) is 102 Å². The van der Waals surface area contributed by atoms with Gasteiger partial charge >= 0.3 is 6.03 Å². The molecular weight excluding hydrogens is 414 g/mol. The summed E-state index contributed by atoms with van der Waals surface area (Å²) in [5, 5.41) is 8.06. The molecule has 3 aromatic rings. The molecule has 7 nitrogen and oxygen atoms in total. The first-order valence-electron chi connectivity index (χ1n) is 9.62. The van der Waals surface area contributed by atoms with E-state index in [9.17, 15) is 13.2 Å². The molecule has 0 aliphatic heterocycles. The summed E-state index contributed by atoms with van der Waals surface area (Å²) >= 11 is 0. The number of benzene rings is 3. The number of anilines is 1. The first-order chi connectivity index (χ1) is 14.7. The molecule has 0 bridgehead atoms. The second kappa shape index (κ2) is 9.63. The lowest BCUT2D eigenvalue weighted by molar-refractivity contribution is 0.206. The van der Waals surface area contributed by atoms with Crippen molar-refractivity contribution in [3.8, 4) is 5.75 Å². The predicted molar refractivity (Wildman–Crippen MR) is 120 cm³/mol. The number of aryl methyl sites for hydroxylation is 1. The van der Waals surface area contributed by atoms with Crippen molar-refractivity contribution in [2.75, 3.05) is 12.4 Å². The summed E-state index contributed by atoms with van der Waals surface area (Å²) in [6.45, 7) is 2.69. The van der Waals surface area contributed by atoms with Crippen molar-refractivity contribution in [2.45, 2.75) is 24.9 Å². The first kappa shape index (κ1) is 22.3. The number of urea groups is 1. The van der Waals surface area contributed by atoms with Gasteiger partial charge in [-0.15, -0.1) is 0 Å². The van der Waals surface area contributed by atoms with Gasteiger partial charge in [0.2, 0.25) is 10.0 Å². The molecule has 3 rings (SSSR count). The van der Waals surface area contributed by atoms with Gasteiger partial charge in [-0.2, -0.15) is 0 Å². The highest BCUT2D eigenvalue weighted by atomic mass is 32.2. The number of hydrogen-bond acceptors (Lipinski definition) is 4. The molecule has 0 unspecified atom stereocenters. The maximum Gasteiger partial charge on any atom is 0.322 e. The number of rotatable bonds is 7. The van der Waals surface area contributed by atoms with Crippen LogP contribution >= 0.6 is 0 Å². The summed E-state index contributed by atoms with van der Waals surface area (Å²) < 4.78 is 28.1. The van der Waals surface area contributed by atoms with Gasteiger partial charge in [0.1, 0.15) is 5.75 Å². The number of amides is 2. The van der Waals surface area contributed by atoms with E-state index >= 15 is 0 Å². The SMILES string of the molecule is COc1ccc(NC(=O)N(Cc2ccc(C)cc2)Cc2ccc(S(N)(=O)=O)cc2)cc1. The van der Waals surface area contributed by atoms with Gasteiger partial charge in [-0.25, -0.2) is 18.4 Å². The van der Waals surface area contributed by atoms with Crippen LogP contribution in [-0.2, 0) is 23.1 Å². The van der Waals surface area contributed by atoms with Crippen molar-refractivity contribution in [3.63, 3.8) is 0 Å². The van der Waals surface area contributed by atoms with Gasteiger partial charge in [0, 0.05) is 18.8 Å². The number of sulfonamides is 1. The van der Waals surface area contributed by atoms with Gasteiger partial charge in [-0.3, -0.25) is 0 Å². The van der Waals surface area contributed by atoms with Gasteiger partial charge in [0.05, 0.1) is 12.0 Å². The molecule has 0 saturated carbocycles. The lowest BCUT2D eigenvalue weighted by Crippen LogP contribution is -2.34. The standard InChI is InChI=1S/C23H25N3O4S/c1-17-3-5-18(6-4-17)15-26(16-19-7-13-22(14-8-19)31(24,28)29)23(27)25-20-9-11-21(30-2)12-10-20/h3-14H,15-16H2,1-2H3,(H,25,27)(H2,24,28,29). The fourth-order valence-corrected chi connectivity index (χ4v) is 3.51. The van der Waals surface area contributed by atoms with E-state index in [2.05, 4.69) is 5.32 Å². The minimum absolute atomic E-state index is 0.0315. The van der Waals surface area contributed by atoms with E-state index in [1.165, 1.54) is 12.1 Å². The third-order valence-electron chi connectivity index (χ3n) is 4.75. The Balaban J connectivity index is 1.80. The van der Waals surface area contributed by atoms with Crippen molar-refractivity contribution >= 4 is 21.7 Å². The summed E-state index contributed by atoms with van der Waals surface area (Å²) in [6.07, 6.45) is 0. The Morgan fingerprint density at radius 2 is 1.42 bits per heavy atom. The van der Waals surface area contributed by atoms with Crippen LogP contribution in [0.1, 0.15) is 16.7 Å². The van der Waals surface area contributed by atoms with Crippen LogP contribution in [-0.4, -0.2) is 26.5 Å². The monoisotopic (exact) mass is 439 g/mol. The Morgan fingerprint density at radius 3 is 1.90 bits per heavy atom. The first-order valence-corrected chi connectivity index (χ1v) is 11.2. The lowest BCUT2D eigenvalue weighted by atomic mass is 10.1. The molecule has 0 spiro atoms. The fourth-order valence-electron chi connectivity index (χ4n) is 3.00. The summed E-state index contributed by atoms with van der Waals surface area (Å²) in [7, 11) is -2.19. The number of hydrogen-bond donors (Lipinski definition) is 2. The largest absolute Gasteiger partial charge is 0.497 e. The zero-order chi connectivity index (χ0) is 22.4. The second-order valence-electron chi connectivity index (χ2n) is 7.19. The molecule has 0 aliphatic carbocycles. The Kier molecular flexibility index (Phi) is 6.94. The van der Waals surface area contributed by atoms with Gasteiger partial charge in [0.25, 0.3) is 0 Å². The van der Waals surface area contributed by atoms with E-state index in [1.54, 1.807) is 48.4 Å². The summed E-state index contributed by atoms with van der Waals surface area (Å²) in [5.41, 5.74) is 3.54. The van der Waals surface area contributed by atoms with Crippen LogP contribution in [0.5, 0.6) is 5.75 Å². The van der Waals surface area contributed by atoms with Crippen LogP contribution in [0.2, 0.25) is 0 Å². The van der Waals surface area contributed by atoms with Gasteiger partial charge in [-0.05, 0) is 54.4 Å². The number of primary sulfonamides is 1. The van der Waals surface area contributed by atoms with Crippen LogP contribution in [0.4, 0.5) is 10.5 Å². The van der Waals surface area contributed by atoms with Crippen LogP contribution in [0.25, 0.3) is 0 Å². The second-order valence-corrected chi connectivity index (χ2v) is 8.75. The number of nitrogens with zero attached hydrogens (tertiary/aromatic N) is 1. The van der Waals surface area contributed by atoms with E-state index in [-0.39, 0.29) is 10.9 Å². The summed E-state index contributed by atoms with van der Waals surface area (Å²) in [6, 6.07) is 20.9. The summed E-state index contributed by atoms with van der Waals surface area (Å²) in [5.74, 6) is 0.699. The van der Waals surface area contributed by atoms with Crippen molar-refractivity contribution in [2.24, 2.45) is 5.14 Å². The Hall–Kier alpha value is -3.36. The lowest BCUT2D eigenvalue weighted by Gasteiger charge is -2.24. The van der Waals surface area contributed by atoms with E-state index < -0.39 is 10.0 Å². The molecule has 0 aliphatic rings. The highest BCUT2D eigenvalue weighted by Gasteiger charge is 2.16. The van der Waals surface area contributed by atoms with Crippen LogP contribution in [0.3, 0.4) is 0 Å². The minimum Gasteiger partial charge on any atom is -0.497 e. The van der Waals surface area contributed by atoms with E-state index in [4.69, 9.17) is 9.88 Å². The molecular formula is C23H25N3O4S. The average Bonchev–Trinajstić information content (AvgIpc) is 2.75. The van der Waals surface area contributed by atoms with Crippen LogP contribution in [0, 0.1) is 6.92 Å². The van der Waals surface area contributed by atoms with Crippen LogP contribution < -0.4 is 15.2 Å². The third-order valence-corrected chi connectivity index (χ3v) is 5.68. The van der Waals surface area contributed by atoms with Gasteiger partial charge in [-0.1, -0.05) is 42.0 Å². The van der Waals surface area contributed by atoms with E-state index in [0.29, 0.717) is 24.5 Å². The predicted octanol–water partition coefficient (Wildman–Crippen LogP) is 3.89. The highest BCUT2D eigenvalue weighted by Crippen LogP contribution is 2.18. The average molecular weight is 440 g/mol. The quantitative estimate of drug-likeness (QED) is 0.583. The summed E-state index contributed by atoms with van der Waals surface area (Å²) in [4.78, 5) is 14.7. The maximum absolute atomic E-state index is 13.0. The molecule has 31 heavy (non-hydrogen) atoms. The van der Waals surface area contributed by atoms with E-state index in [0.717, 1.165) is 16.7 Å². The minimum atomic E-state index is -3.77. The molecule has 0 aromatic heterocycles. The Labute approximate surface area is 182 Å². The number of methoxy groups -OCH3 is 1. The molecule has 0 saturated heterocycles. The smallest absolute Gasteiger partial charge is 0.322 e. The molecule has 0 radical (unpaired) electrons. The number of carbonyl (C=O) groups excluding carboxylic acids is 1. The van der Waals surface area contributed by atoms with Gasteiger partial charge in [0.15, 0.2) is 0 Å². The van der Waals surface area contributed by atoms with Crippen LogP contribution in [0.15, 0.2) is 77.7 Å². The molecule has 2 amide bonds. The van der Waals surface area contributed by atoms with Crippen molar-refractivity contribution < 1.29 is 17.9 Å². The van der Waals surface area contributed by atoms with Gasteiger partial charge < -0.3 is 15.0 Å². The molecule has 8 heteroatoms. The Morgan fingerprint density at radius 1 is 0.903 bits per heavy atom. The zero-order valence-electron chi connectivity index (χ0n) is 17.4. The number of carbonyl (C=O) groups is 1.